The minimum absolute atomic E-state index is 0.0248. The Hall–Kier alpha value is -1.79. The summed E-state index contributed by atoms with van der Waals surface area (Å²) >= 11 is 0. The second-order valence-corrected chi connectivity index (χ2v) is 5.70. The summed E-state index contributed by atoms with van der Waals surface area (Å²) in [6.07, 6.45) is 5.50. The Morgan fingerprint density at radius 2 is 2.19 bits per heavy atom. The topological polar surface area (TPSA) is 49.3 Å². The van der Waals surface area contributed by atoms with E-state index in [4.69, 9.17) is 5.11 Å². The van der Waals surface area contributed by atoms with Crippen molar-refractivity contribution in [1.82, 2.24) is 5.32 Å². The molecular formula is C18H23NO2. The normalized spacial score (nSPS) is 14.0. The van der Waals surface area contributed by atoms with Crippen LogP contribution in [0.1, 0.15) is 53.6 Å². The maximum atomic E-state index is 12.2. The number of nitrogens with one attached hydrogen (secondary N) is 1. The van der Waals surface area contributed by atoms with Crippen molar-refractivity contribution in [3.05, 3.63) is 34.9 Å². The van der Waals surface area contributed by atoms with E-state index in [1.54, 1.807) is 0 Å². The minimum Gasteiger partial charge on any atom is -0.395 e. The van der Waals surface area contributed by atoms with Crippen LogP contribution in [0.25, 0.3) is 0 Å². The standard InChI is InChI=1S/C18H23NO2/c1-14-11-16(5-2-3-10-20)13-17(12-14)18(21)19-9-8-15-6-4-7-15/h11-13,15,20H,3-4,6-10H2,1H3,(H,19,21). The van der Waals surface area contributed by atoms with Gasteiger partial charge < -0.3 is 10.4 Å². The molecule has 2 N–H and O–H groups in total. The third-order valence-electron chi connectivity index (χ3n) is 3.87. The van der Waals surface area contributed by atoms with Gasteiger partial charge in [-0.3, -0.25) is 4.79 Å². The van der Waals surface area contributed by atoms with Gasteiger partial charge in [0.1, 0.15) is 0 Å². The van der Waals surface area contributed by atoms with Crippen molar-refractivity contribution >= 4 is 5.91 Å². The summed E-state index contributed by atoms with van der Waals surface area (Å²) in [5.41, 5.74) is 2.51. The molecule has 2 rings (SSSR count). The number of aliphatic hydroxyl groups excluding tert-OH is 1. The second-order valence-electron chi connectivity index (χ2n) is 5.70. The Kier molecular flexibility index (Phi) is 5.83. The third-order valence-corrected chi connectivity index (χ3v) is 3.87. The van der Waals surface area contributed by atoms with E-state index in [9.17, 15) is 4.79 Å². The molecule has 0 radical (unpaired) electrons. The maximum absolute atomic E-state index is 12.2. The first-order valence-corrected chi connectivity index (χ1v) is 7.68. The van der Waals surface area contributed by atoms with E-state index in [1.807, 2.05) is 25.1 Å². The Morgan fingerprint density at radius 1 is 1.38 bits per heavy atom. The highest BCUT2D eigenvalue weighted by Gasteiger charge is 2.17. The summed E-state index contributed by atoms with van der Waals surface area (Å²) in [6.45, 7) is 2.78. The first-order chi connectivity index (χ1) is 10.2. The number of carbonyl (C=O) groups excluding carboxylic acids is 1. The van der Waals surface area contributed by atoms with Crippen LogP contribution in [0.3, 0.4) is 0 Å². The fraction of sp³-hybridized carbons (Fsp3) is 0.500. The number of aryl methyl sites for hydroxylation is 1. The number of benzene rings is 1. The highest BCUT2D eigenvalue weighted by Crippen LogP contribution is 2.28. The van der Waals surface area contributed by atoms with E-state index >= 15 is 0 Å². The molecule has 0 unspecified atom stereocenters. The Morgan fingerprint density at radius 3 is 2.86 bits per heavy atom. The Bertz CT molecular complexity index is 550. The monoisotopic (exact) mass is 285 g/mol. The first-order valence-electron chi connectivity index (χ1n) is 7.68. The number of hydrogen-bond donors (Lipinski definition) is 2. The molecule has 3 nitrogen and oxygen atoms in total. The summed E-state index contributed by atoms with van der Waals surface area (Å²) in [6, 6.07) is 5.65. The largest absolute Gasteiger partial charge is 0.395 e. The van der Waals surface area contributed by atoms with Crippen LogP contribution < -0.4 is 5.32 Å². The quantitative estimate of drug-likeness (QED) is 0.817. The molecule has 1 aromatic rings. The molecule has 21 heavy (non-hydrogen) atoms. The van der Waals surface area contributed by atoms with Gasteiger partial charge in [-0.25, -0.2) is 0 Å². The van der Waals surface area contributed by atoms with Gasteiger partial charge in [-0.2, -0.15) is 0 Å². The fourth-order valence-corrected chi connectivity index (χ4v) is 2.48. The molecular weight excluding hydrogens is 262 g/mol. The number of aliphatic hydroxyl groups is 1. The molecule has 1 aliphatic rings. The lowest BCUT2D eigenvalue weighted by Gasteiger charge is -2.25. The predicted octanol–water partition coefficient (Wildman–Crippen LogP) is 2.65. The van der Waals surface area contributed by atoms with E-state index in [0.717, 1.165) is 30.0 Å². The average molecular weight is 285 g/mol. The van der Waals surface area contributed by atoms with Gasteiger partial charge in [0.25, 0.3) is 5.91 Å². The van der Waals surface area contributed by atoms with Crippen LogP contribution in [0.2, 0.25) is 0 Å². The summed E-state index contributed by atoms with van der Waals surface area (Å²) in [4.78, 5) is 12.2. The third kappa shape index (κ3) is 4.91. The molecule has 112 valence electrons. The zero-order chi connectivity index (χ0) is 15.1. The Labute approximate surface area is 126 Å². The molecule has 1 aliphatic carbocycles. The molecule has 3 heteroatoms. The van der Waals surface area contributed by atoms with Gasteiger partial charge >= 0.3 is 0 Å². The van der Waals surface area contributed by atoms with Crippen molar-refractivity contribution in [3.63, 3.8) is 0 Å². The number of carbonyl (C=O) groups is 1. The zero-order valence-corrected chi connectivity index (χ0v) is 12.6. The lowest BCUT2D eigenvalue weighted by atomic mass is 9.83. The van der Waals surface area contributed by atoms with Gasteiger partial charge in [-0.15, -0.1) is 0 Å². The number of amides is 1. The number of rotatable bonds is 5. The van der Waals surface area contributed by atoms with Gasteiger partial charge in [0.05, 0.1) is 6.61 Å². The van der Waals surface area contributed by atoms with Crippen LogP contribution in [0.15, 0.2) is 18.2 Å². The molecule has 0 heterocycles. The van der Waals surface area contributed by atoms with Gasteiger partial charge in [-0.05, 0) is 43.0 Å². The van der Waals surface area contributed by atoms with Crippen LogP contribution in [-0.4, -0.2) is 24.2 Å². The van der Waals surface area contributed by atoms with Crippen molar-refractivity contribution < 1.29 is 9.90 Å². The van der Waals surface area contributed by atoms with E-state index in [1.165, 1.54) is 19.3 Å². The molecule has 1 saturated carbocycles. The molecule has 0 spiro atoms. The lowest BCUT2D eigenvalue weighted by molar-refractivity contribution is 0.0949. The summed E-state index contributed by atoms with van der Waals surface area (Å²) < 4.78 is 0. The molecule has 1 amide bonds. The van der Waals surface area contributed by atoms with Crippen molar-refractivity contribution in [2.24, 2.45) is 5.92 Å². The molecule has 0 aliphatic heterocycles. The van der Waals surface area contributed by atoms with E-state index in [0.29, 0.717) is 12.0 Å². The van der Waals surface area contributed by atoms with Gasteiger partial charge in [0, 0.05) is 24.1 Å². The SMILES string of the molecule is Cc1cc(C#CCCO)cc(C(=O)NCCC2CCC2)c1. The van der Waals surface area contributed by atoms with Crippen molar-refractivity contribution in [2.75, 3.05) is 13.2 Å². The Balaban J connectivity index is 1.94. The van der Waals surface area contributed by atoms with Crippen molar-refractivity contribution in [3.8, 4) is 11.8 Å². The highest BCUT2D eigenvalue weighted by molar-refractivity contribution is 5.94. The molecule has 0 saturated heterocycles. The molecule has 0 bridgehead atoms. The number of hydrogen-bond acceptors (Lipinski definition) is 2. The van der Waals surface area contributed by atoms with Crippen molar-refractivity contribution in [1.29, 1.82) is 0 Å². The van der Waals surface area contributed by atoms with Crippen LogP contribution in [-0.2, 0) is 0 Å². The van der Waals surface area contributed by atoms with Gasteiger partial charge in [0.15, 0.2) is 0 Å². The van der Waals surface area contributed by atoms with E-state index < -0.39 is 0 Å². The van der Waals surface area contributed by atoms with Gasteiger partial charge in [0.2, 0.25) is 0 Å². The summed E-state index contributed by atoms with van der Waals surface area (Å²) in [5.74, 6) is 6.65. The van der Waals surface area contributed by atoms with Crippen LogP contribution in [0.5, 0.6) is 0 Å². The van der Waals surface area contributed by atoms with Crippen molar-refractivity contribution in [2.45, 2.75) is 39.0 Å². The average Bonchev–Trinajstić information content (AvgIpc) is 2.41. The molecule has 1 fully saturated rings. The minimum atomic E-state index is -0.0248. The lowest BCUT2D eigenvalue weighted by Crippen LogP contribution is -2.27. The smallest absolute Gasteiger partial charge is 0.251 e. The second kappa shape index (κ2) is 7.85. The van der Waals surface area contributed by atoms with E-state index in [2.05, 4.69) is 17.2 Å². The zero-order valence-electron chi connectivity index (χ0n) is 12.6. The van der Waals surface area contributed by atoms with Crippen LogP contribution in [0, 0.1) is 24.7 Å². The summed E-state index contributed by atoms with van der Waals surface area (Å²) in [7, 11) is 0. The van der Waals surface area contributed by atoms with Gasteiger partial charge in [-0.1, -0.05) is 31.1 Å². The molecule has 0 atom stereocenters. The maximum Gasteiger partial charge on any atom is 0.251 e. The van der Waals surface area contributed by atoms with Crippen LogP contribution >= 0.6 is 0 Å². The molecule has 1 aromatic carbocycles. The molecule has 0 aromatic heterocycles. The van der Waals surface area contributed by atoms with E-state index in [-0.39, 0.29) is 12.5 Å². The predicted molar refractivity (Wildman–Crippen MR) is 84.1 cm³/mol. The first kappa shape index (κ1) is 15.6. The summed E-state index contributed by atoms with van der Waals surface area (Å²) in [5, 5.41) is 11.7. The highest BCUT2D eigenvalue weighted by atomic mass is 16.2. The van der Waals surface area contributed by atoms with Crippen LogP contribution in [0.4, 0.5) is 0 Å². The fourth-order valence-electron chi connectivity index (χ4n) is 2.48.